The number of halogens is 2. The zero-order chi connectivity index (χ0) is 20.5. The van der Waals surface area contributed by atoms with Crippen LogP contribution in [0.25, 0.3) is 6.08 Å². The second kappa shape index (κ2) is 9.98. The number of amides is 1. The quantitative estimate of drug-likeness (QED) is 0.550. The number of benzene rings is 2. The van der Waals surface area contributed by atoms with Crippen molar-refractivity contribution in [2.75, 3.05) is 5.32 Å². The molecule has 7 heteroatoms. The molecule has 148 valence electrons. The number of para-hydroxylation sites is 2. The van der Waals surface area contributed by atoms with Crippen molar-refractivity contribution in [3.05, 3.63) is 90.3 Å². The van der Waals surface area contributed by atoms with Crippen LogP contribution in [0.15, 0.2) is 79.1 Å². The molecule has 0 bridgehead atoms. The van der Waals surface area contributed by atoms with Crippen molar-refractivity contribution in [3.63, 3.8) is 0 Å². The molecule has 1 aromatic heterocycles. The molecule has 29 heavy (non-hydrogen) atoms. The van der Waals surface area contributed by atoms with Gasteiger partial charge in [0.25, 0.3) is 0 Å². The summed E-state index contributed by atoms with van der Waals surface area (Å²) in [6.45, 7) is -2.56. The minimum Gasteiger partial charge on any atom is -0.489 e. The van der Waals surface area contributed by atoms with Gasteiger partial charge in [-0.1, -0.05) is 30.3 Å². The summed E-state index contributed by atoms with van der Waals surface area (Å²) in [5.41, 5.74) is 1.91. The highest BCUT2D eigenvalue weighted by Crippen LogP contribution is 2.25. The topological polar surface area (TPSA) is 60.5 Å². The minimum absolute atomic E-state index is 0.0978. The highest BCUT2D eigenvalue weighted by molar-refractivity contribution is 6.02. The molecule has 0 aliphatic rings. The van der Waals surface area contributed by atoms with Crippen molar-refractivity contribution < 1.29 is 23.0 Å². The Balaban J connectivity index is 1.55. The number of nitrogens with one attached hydrogen (secondary N) is 1. The molecule has 0 fully saturated rings. The lowest BCUT2D eigenvalue weighted by molar-refractivity contribution is -0.111. The minimum atomic E-state index is -2.97. The van der Waals surface area contributed by atoms with Crippen molar-refractivity contribution in [3.8, 4) is 11.5 Å². The standard InChI is InChI=1S/C22H18F2N2O3/c23-22(24)29-20-6-2-1-5-19(20)26-21(27)12-9-16-7-10-18(11-8-16)28-15-17-4-3-13-25-14-17/h1-14,22H,15H2,(H,26,27)/b12-9+. The van der Waals surface area contributed by atoms with E-state index >= 15 is 0 Å². The Labute approximate surface area is 166 Å². The molecule has 5 nitrogen and oxygen atoms in total. The van der Waals surface area contributed by atoms with Crippen molar-refractivity contribution in [1.82, 2.24) is 4.98 Å². The van der Waals surface area contributed by atoms with Crippen LogP contribution in [0.5, 0.6) is 11.5 Å². The summed E-state index contributed by atoms with van der Waals surface area (Å²) in [6.07, 6.45) is 6.35. The van der Waals surface area contributed by atoms with E-state index in [0.717, 1.165) is 11.1 Å². The van der Waals surface area contributed by atoms with Crippen LogP contribution < -0.4 is 14.8 Å². The second-order valence-electron chi connectivity index (χ2n) is 5.92. The molecule has 1 N–H and O–H groups in total. The Morgan fingerprint density at radius 1 is 1.07 bits per heavy atom. The molecular weight excluding hydrogens is 378 g/mol. The molecule has 3 rings (SSSR count). The molecule has 3 aromatic rings. The number of hydrogen-bond donors (Lipinski definition) is 1. The average molecular weight is 396 g/mol. The highest BCUT2D eigenvalue weighted by Gasteiger charge is 2.10. The summed E-state index contributed by atoms with van der Waals surface area (Å²) in [7, 11) is 0. The Hall–Kier alpha value is -3.74. The molecule has 0 saturated heterocycles. The van der Waals surface area contributed by atoms with Crippen LogP contribution in [0.4, 0.5) is 14.5 Å². The predicted octanol–water partition coefficient (Wildman–Crippen LogP) is 4.91. The van der Waals surface area contributed by atoms with Crippen LogP contribution in [-0.2, 0) is 11.4 Å². The average Bonchev–Trinajstić information content (AvgIpc) is 2.73. The molecule has 0 spiro atoms. The van der Waals surface area contributed by atoms with E-state index in [4.69, 9.17) is 4.74 Å². The van der Waals surface area contributed by atoms with E-state index in [0.29, 0.717) is 12.4 Å². The summed E-state index contributed by atoms with van der Waals surface area (Å²) in [5, 5.41) is 2.52. The third-order valence-corrected chi connectivity index (χ3v) is 3.80. The Bertz CT molecular complexity index is 961. The zero-order valence-electron chi connectivity index (χ0n) is 15.3. The first-order valence-corrected chi connectivity index (χ1v) is 8.75. The molecule has 0 atom stereocenters. The summed E-state index contributed by atoms with van der Waals surface area (Å²) in [5.74, 6) is 0.125. The Morgan fingerprint density at radius 3 is 2.59 bits per heavy atom. The van der Waals surface area contributed by atoms with Crippen LogP contribution in [0.3, 0.4) is 0 Å². The third-order valence-electron chi connectivity index (χ3n) is 3.80. The van der Waals surface area contributed by atoms with Crippen LogP contribution >= 0.6 is 0 Å². The fourth-order valence-corrected chi connectivity index (χ4v) is 2.44. The lowest BCUT2D eigenvalue weighted by atomic mass is 10.2. The van der Waals surface area contributed by atoms with Gasteiger partial charge >= 0.3 is 6.61 Å². The molecule has 0 aliphatic carbocycles. The lowest BCUT2D eigenvalue weighted by Crippen LogP contribution is -2.11. The first-order chi connectivity index (χ1) is 14.1. The Morgan fingerprint density at radius 2 is 1.86 bits per heavy atom. The maximum Gasteiger partial charge on any atom is 0.387 e. The van der Waals surface area contributed by atoms with E-state index in [1.54, 1.807) is 54.9 Å². The molecule has 0 aliphatic heterocycles. The number of rotatable bonds is 8. The first-order valence-electron chi connectivity index (χ1n) is 8.75. The largest absolute Gasteiger partial charge is 0.489 e. The summed E-state index contributed by atoms with van der Waals surface area (Å²) < 4.78 is 34.9. The molecule has 1 amide bonds. The fourth-order valence-electron chi connectivity index (χ4n) is 2.44. The van der Waals surface area contributed by atoms with Gasteiger partial charge in [-0.15, -0.1) is 0 Å². The second-order valence-corrected chi connectivity index (χ2v) is 5.92. The van der Waals surface area contributed by atoms with Crippen LogP contribution in [0.1, 0.15) is 11.1 Å². The van der Waals surface area contributed by atoms with E-state index in [-0.39, 0.29) is 11.4 Å². The van der Waals surface area contributed by atoms with Crippen LogP contribution in [-0.4, -0.2) is 17.5 Å². The van der Waals surface area contributed by atoms with Crippen molar-refractivity contribution >= 4 is 17.7 Å². The number of aromatic nitrogens is 1. The van der Waals surface area contributed by atoms with Crippen molar-refractivity contribution in [2.24, 2.45) is 0 Å². The van der Waals surface area contributed by atoms with Gasteiger partial charge in [-0.2, -0.15) is 8.78 Å². The van der Waals surface area contributed by atoms with E-state index in [2.05, 4.69) is 15.0 Å². The van der Waals surface area contributed by atoms with Gasteiger partial charge in [0.05, 0.1) is 5.69 Å². The van der Waals surface area contributed by atoms with E-state index in [1.165, 1.54) is 18.2 Å². The molecule has 1 heterocycles. The molecule has 0 saturated carbocycles. The van der Waals surface area contributed by atoms with Crippen LogP contribution in [0, 0.1) is 0 Å². The monoisotopic (exact) mass is 396 g/mol. The number of alkyl halides is 2. The number of carbonyl (C=O) groups is 1. The van der Waals surface area contributed by atoms with Gasteiger partial charge in [-0.3, -0.25) is 9.78 Å². The number of nitrogens with zero attached hydrogens (tertiary/aromatic N) is 1. The first kappa shape index (κ1) is 20.0. The van der Waals surface area contributed by atoms with Crippen molar-refractivity contribution in [1.29, 1.82) is 0 Å². The van der Waals surface area contributed by atoms with Gasteiger partial charge in [-0.25, -0.2) is 0 Å². The Kier molecular flexibility index (Phi) is 6.89. The van der Waals surface area contributed by atoms with E-state index in [1.807, 2.05) is 12.1 Å². The number of pyridine rings is 1. The summed E-state index contributed by atoms with van der Waals surface area (Å²) in [4.78, 5) is 16.1. The zero-order valence-corrected chi connectivity index (χ0v) is 15.3. The smallest absolute Gasteiger partial charge is 0.387 e. The fraction of sp³-hybridized carbons (Fsp3) is 0.0909. The number of ether oxygens (including phenoxy) is 2. The SMILES string of the molecule is O=C(/C=C/c1ccc(OCc2cccnc2)cc1)Nc1ccccc1OC(F)F. The highest BCUT2D eigenvalue weighted by atomic mass is 19.3. The number of carbonyl (C=O) groups excluding carboxylic acids is 1. The van der Waals surface area contributed by atoms with Crippen molar-refractivity contribution in [2.45, 2.75) is 13.2 Å². The van der Waals surface area contributed by atoms with Gasteiger partial charge in [0, 0.05) is 24.0 Å². The molecule has 0 radical (unpaired) electrons. The van der Waals surface area contributed by atoms with E-state index in [9.17, 15) is 13.6 Å². The predicted molar refractivity (Wildman–Crippen MR) is 106 cm³/mol. The molecule has 2 aromatic carbocycles. The normalized spacial score (nSPS) is 10.9. The van der Waals surface area contributed by atoms with E-state index < -0.39 is 12.5 Å². The molecular formula is C22H18F2N2O3. The maximum absolute atomic E-state index is 12.4. The third kappa shape index (κ3) is 6.42. The van der Waals surface area contributed by atoms with Gasteiger partial charge in [0.1, 0.15) is 18.1 Å². The summed E-state index contributed by atoms with van der Waals surface area (Å²) in [6, 6.07) is 16.9. The maximum atomic E-state index is 12.4. The number of anilines is 1. The van der Waals surface area contributed by atoms with Gasteiger partial charge in [-0.05, 0) is 42.0 Å². The lowest BCUT2D eigenvalue weighted by Gasteiger charge is -2.10. The summed E-state index contributed by atoms with van der Waals surface area (Å²) >= 11 is 0. The van der Waals surface area contributed by atoms with Crippen LogP contribution in [0.2, 0.25) is 0 Å². The number of hydrogen-bond acceptors (Lipinski definition) is 4. The van der Waals surface area contributed by atoms with Gasteiger partial charge in [0.2, 0.25) is 5.91 Å². The molecule has 0 unspecified atom stereocenters. The van der Waals surface area contributed by atoms with Gasteiger partial charge < -0.3 is 14.8 Å². The van der Waals surface area contributed by atoms with Gasteiger partial charge in [0.15, 0.2) is 0 Å².